The Morgan fingerprint density at radius 3 is 2.87 bits per heavy atom. The molecular formula is C12H23NO2. The van der Waals surface area contributed by atoms with Crippen LogP contribution in [-0.4, -0.2) is 17.6 Å². The molecule has 1 rings (SSSR count). The molecule has 88 valence electrons. The summed E-state index contributed by atoms with van der Waals surface area (Å²) >= 11 is 0. The highest BCUT2D eigenvalue weighted by Crippen LogP contribution is 2.42. The van der Waals surface area contributed by atoms with Gasteiger partial charge in [-0.1, -0.05) is 32.6 Å². The van der Waals surface area contributed by atoms with Crippen molar-refractivity contribution in [3.05, 3.63) is 0 Å². The predicted molar refractivity (Wildman–Crippen MR) is 60.6 cm³/mol. The first-order valence-corrected chi connectivity index (χ1v) is 6.04. The van der Waals surface area contributed by atoms with Crippen molar-refractivity contribution in [1.82, 2.24) is 0 Å². The second-order valence-corrected chi connectivity index (χ2v) is 5.03. The molecule has 3 nitrogen and oxygen atoms in total. The molecule has 0 amide bonds. The molecule has 1 fully saturated rings. The van der Waals surface area contributed by atoms with Crippen molar-refractivity contribution < 1.29 is 9.90 Å². The Morgan fingerprint density at radius 2 is 2.33 bits per heavy atom. The van der Waals surface area contributed by atoms with E-state index in [2.05, 4.69) is 6.92 Å². The van der Waals surface area contributed by atoms with Gasteiger partial charge in [0.1, 0.15) is 0 Å². The largest absolute Gasteiger partial charge is 0.481 e. The maximum absolute atomic E-state index is 10.8. The molecule has 0 aromatic heterocycles. The van der Waals surface area contributed by atoms with E-state index in [1.807, 2.05) is 0 Å². The summed E-state index contributed by atoms with van der Waals surface area (Å²) in [5, 5.41) is 8.92. The molecular weight excluding hydrogens is 190 g/mol. The van der Waals surface area contributed by atoms with E-state index in [-0.39, 0.29) is 11.8 Å². The number of rotatable bonds is 5. The van der Waals surface area contributed by atoms with E-state index in [4.69, 9.17) is 10.8 Å². The van der Waals surface area contributed by atoms with E-state index in [1.54, 1.807) is 0 Å². The first-order chi connectivity index (χ1) is 7.12. The molecule has 0 aliphatic heterocycles. The molecule has 3 N–H and O–H groups in total. The van der Waals surface area contributed by atoms with E-state index in [1.165, 1.54) is 19.3 Å². The van der Waals surface area contributed by atoms with Crippen LogP contribution in [0, 0.1) is 11.3 Å². The van der Waals surface area contributed by atoms with Gasteiger partial charge in [0.25, 0.3) is 0 Å². The van der Waals surface area contributed by atoms with Crippen molar-refractivity contribution in [3.63, 3.8) is 0 Å². The Kier molecular flexibility index (Phi) is 4.58. The first kappa shape index (κ1) is 12.5. The SMILES string of the molecule is CCC[C@H]1CCC[C@](CN)(CC(=O)O)C1. The number of aliphatic carboxylic acids is 1. The van der Waals surface area contributed by atoms with Gasteiger partial charge in [0.2, 0.25) is 0 Å². The van der Waals surface area contributed by atoms with Crippen LogP contribution >= 0.6 is 0 Å². The Hall–Kier alpha value is -0.570. The predicted octanol–water partition coefficient (Wildman–Crippen LogP) is 2.40. The monoisotopic (exact) mass is 213 g/mol. The topological polar surface area (TPSA) is 63.3 Å². The Labute approximate surface area is 92.0 Å². The number of nitrogens with two attached hydrogens (primary N) is 1. The standard InChI is InChI=1S/C12H23NO2/c1-2-4-10-5-3-6-12(7-10,9-13)8-11(14)15/h10H,2-9,13H2,1H3,(H,14,15)/t10-,12+/m0/s1. The highest BCUT2D eigenvalue weighted by Gasteiger charge is 2.36. The van der Waals surface area contributed by atoms with Crippen molar-refractivity contribution in [3.8, 4) is 0 Å². The second-order valence-electron chi connectivity index (χ2n) is 5.03. The van der Waals surface area contributed by atoms with Gasteiger partial charge in [-0.15, -0.1) is 0 Å². The average Bonchev–Trinajstić information content (AvgIpc) is 2.18. The fourth-order valence-corrected chi connectivity index (χ4v) is 2.98. The third kappa shape index (κ3) is 3.49. The van der Waals surface area contributed by atoms with Crippen LogP contribution in [-0.2, 0) is 4.79 Å². The summed E-state index contributed by atoms with van der Waals surface area (Å²) < 4.78 is 0. The zero-order valence-corrected chi connectivity index (χ0v) is 9.67. The normalized spacial score (nSPS) is 31.5. The van der Waals surface area contributed by atoms with Gasteiger partial charge in [0.15, 0.2) is 0 Å². The molecule has 0 radical (unpaired) electrons. The number of hydrogen-bond acceptors (Lipinski definition) is 2. The van der Waals surface area contributed by atoms with Gasteiger partial charge < -0.3 is 10.8 Å². The lowest BCUT2D eigenvalue weighted by Crippen LogP contribution is -2.37. The summed E-state index contributed by atoms with van der Waals surface area (Å²) in [7, 11) is 0. The minimum atomic E-state index is -0.697. The lowest BCUT2D eigenvalue weighted by Gasteiger charge is -2.39. The second kappa shape index (κ2) is 5.50. The molecule has 0 aromatic carbocycles. The summed E-state index contributed by atoms with van der Waals surface area (Å²) in [6.45, 7) is 2.72. The minimum absolute atomic E-state index is 0.107. The van der Waals surface area contributed by atoms with Crippen molar-refractivity contribution in [2.24, 2.45) is 17.1 Å². The summed E-state index contributed by atoms with van der Waals surface area (Å²) in [6, 6.07) is 0. The third-order valence-electron chi connectivity index (χ3n) is 3.70. The van der Waals surface area contributed by atoms with E-state index in [9.17, 15) is 4.79 Å². The van der Waals surface area contributed by atoms with Crippen molar-refractivity contribution >= 4 is 5.97 Å². The zero-order chi connectivity index (χ0) is 11.3. The van der Waals surface area contributed by atoms with Gasteiger partial charge in [-0.2, -0.15) is 0 Å². The van der Waals surface area contributed by atoms with E-state index in [0.29, 0.717) is 12.5 Å². The van der Waals surface area contributed by atoms with Crippen LogP contribution in [0.5, 0.6) is 0 Å². The molecule has 0 heterocycles. The van der Waals surface area contributed by atoms with Crippen LogP contribution in [0.1, 0.15) is 51.9 Å². The first-order valence-electron chi connectivity index (χ1n) is 6.04. The van der Waals surface area contributed by atoms with E-state index < -0.39 is 5.97 Å². The lowest BCUT2D eigenvalue weighted by molar-refractivity contribution is -0.140. The molecule has 15 heavy (non-hydrogen) atoms. The fraction of sp³-hybridized carbons (Fsp3) is 0.917. The number of carbonyl (C=O) groups is 1. The molecule has 0 aromatic rings. The molecule has 0 saturated heterocycles. The highest BCUT2D eigenvalue weighted by molar-refractivity contribution is 5.67. The molecule has 0 spiro atoms. The van der Waals surface area contributed by atoms with Gasteiger partial charge in [-0.3, -0.25) is 4.79 Å². The number of hydrogen-bond donors (Lipinski definition) is 2. The van der Waals surface area contributed by atoms with Crippen LogP contribution in [0.25, 0.3) is 0 Å². The van der Waals surface area contributed by atoms with Gasteiger partial charge in [0, 0.05) is 0 Å². The Balaban J connectivity index is 2.59. The smallest absolute Gasteiger partial charge is 0.303 e. The van der Waals surface area contributed by atoms with Gasteiger partial charge in [-0.25, -0.2) is 0 Å². The number of carboxylic acid groups (broad SMARTS) is 1. The van der Waals surface area contributed by atoms with E-state index in [0.717, 1.165) is 19.3 Å². The summed E-state index contributed by atoms with van der Waals surface area (Å²) in [4.78, 5) is 10.8. The minimum Gasteiger partial charge on any atom is -0.481 e. The molecule has 3 heteroatoms. The van der Waals surface area contributed by atoms with Gasteiger partial charge >= 0.3 is 5.97 Å². The maximum atomic E-state index is 10.8. The van der Waals surface area contributed by atoms with Crippen LogP contribution in [0.4, 0.5) is 0 Å². The molecule has 1 aliphatic carbocycles. The summed E-state index contributed by atoms with van der Waals surface area (Å²) in [5.74, 6) is 0.00393. The maximum Gasteiger partial charge on any atom is 0.303 e. The average molecular weight is 213 g/mol. The van der Waals surface area contributed by atoms with Crippen molar-refractivity contribution in [2.75, 3.05) is 6.54 Å². The number of carboxylic acids is 1. The fourth-order valence-electron chi connectivity index (χ4n) is 2.98. The van der Waals surface area contributed by atoms with Gasteiger partial charge in [-0.05, 0) is 30.7 Å². The Morgan fingerprint density at radius 1 is 1.60 bits per heavy atom. The van der Waals surface area contributed by atoms with E-state index >= 15 is 0 Å². The Bertz CT molecular complexity index is 216. The summed E-state index contributed by atoms with van der Waals surface area (Å²) in [6.07, 6.45) is 7.09. The lowest BCUT2D eigenvalue weighted by atomic mass is 9.67. The summed E-state index contributed by atoms with van der Waals surface area (Å²) in [5.41, 5.74) is 5.67. The van der Waals surface area contributed by atoms with Crippen molar-refractivity contribution in [1.29, 1.82) is 0 Å². The van der Waals surface area contributed by atoms with Crippen LogP contribution in [0.2, 0.25) is 0 Å². The quantitative estimate of drug-likeness (QED) is 0.737. The highest BCUT2D eigenvalue weighted by atomic mass is 16.4. The van der Waals surface area contributed by atoms with Gasteiger partial charge in [0.05, 0.1) is 6.42 Å². The van der Waals surface area contributed by atoms with Crippen molar-refractivity contribution in [2.45, 2.75) is 51.9 Å². The molecule has 1 saturated carbocycles. The molecule has 0 unspecified atom stereocenters. The zero-order valence-electron chi connectivity index (χ0n) is 9.67. The third-order valence-corrected chi connectivity index (χ3v) is 3.70. The van der Waals surface area contributed by atoms with Crippen LogP contribution in [0.15, 0.2) is 0 Å². The molecule has 1 aliphatic rings. The van der Waals surface area contributed by atoms with Crippen LogP contribution < -0.4 is 5.73 Å². The molecule has 2 atom stereocenters. The molecule has 0 bridgehead atoms. The van der Waals surface area contributed by atoms with Crippen LogP contribution in [0.3, 0.4) is 0 Å².